The van der Waals surface area contributed by atoms with E-state index >= 15 is 0 Å². The largest absolute Gasteiger partial charge is 0.411 e. The molecule has 20 heavy (non-hydrogen) atoms. The number of aromatic nitrogens is 1. The number of nitrogens with zero attached hydrogens (tertiary/aromatic N) is 1. The van der Waals surface area contributed by atoms with Gasteiger partial charge in [0.25, 0.3) is 0 Å². The van der Waals surface area contributed by atoms with Crippen LogP contribution >= 0.6 is 0 Å². The highest BCUT2D eigenvalue weighted by atomic mass is 28.4. The molecule has 1 rings (SSSR count). The molecule has 1 amide bonds. The van der Waals surface area contributed by atoms with Gasteiger partial charge in [-0.15, -0.1) is 0 Å². The number of anilines is 1. The quantitative estimate of drug-likeness (QED) is 0.836. The second-order valence-electron chi connectivity index (χ2n) is 6.46. The highest BCUT2D eigenvalue weighted by Gasteiger charge is 2.37. The molecular formula is C15H26N2O2Si. The van der Waals surface area contributed by atoms with Gasteiger partial charge in [-0.3, -0.25) is 4.79 Å². The first kappa shape index (κ1) is 16.9. The highest BCUT2D eigenvalue weighted by Crippen LogP contribution is 2.36. The second-order valence-corrected chi connectivity index (χ2v) is 11.3. The average Bonchev–Trinajstić information content (AvgIpc) is 2.35. The molecule has 0 saturated carbocycles. The predicted octanol–water partition coefficient (Wildman–Crippen LogP) is 3.95. The number of nitrogens with one attached hydrogen (secondary N) is 1. The molecule has 112 valence electrons. The van der Waals surface area contributed by atoms with Crippen LogP contribution in [0.5, 0.6) is 0 Å². The zero-order valence-electron chi connectivity index (χ0n) is 13.4. The maximum absolute atomic E-state index is 11.4. The summed E-state index contributed by atoms with van der Waals surface area (Å²) in [5.41, 5.74) is 0.851. The molecule has 0 fully saturated rings. The smallest absolute Gasteiger partial charge is 0.225 e. The summed E-state index contributed by atoms with van der Waals surface area (Å²) in [5, 5.41) is 2.95. The summed E-state index contributed by atoms with van der Waals surface area (Å²) in [5.74, 6) is 0.563. The van der Waals surface area contributed by atoms with Crippen molar-refractivity contribution in [1.29, 1.82) is 0 Å². The first-order valence-electron chi connectivity index (χ1n) is 7.05. The van der Waals surface area contributed by atoms with E-state index in [1.54, 1.807) is 6.07 Å². The molecule has 1 aromatic rings. The van der Waals surface area contributed by atoms with E-state index in [2.05, 4.69) is 44.2 Å². The fourth-order valence-electron chi connectivity index (χ4n) is 1.33. The predicted molar refractivity (Wildman–Crippen MR) is 85.1 cm³/mol. The first-order chi connectivity index (χ1) is 9.15. The van der Waals surface area contributed by atoms with Crippen molar-refractivity contribution in [3.8, 4) is 0 Å². The van der Waals surface area contributed by atoms with Crippen LogP contribution in [0.2, 0.25) is 18.1 Å². The maximum Gasteiger partial charge on any atom is 0.225 e. The van der Waals surface area contributed by atoms with Gasteiger partial charge in [0.05, 0.1) is 12.3 Å². The van der Waals surface area contributed by atoms with Gasteiger partial charge in [-0.25, -0.2) is 4.98 Å². The molecule has 0 unspecified atom stereocenters. The third-order valence-corrected chi connectivity index (χ3v) is 8.26. The number of amides is 1. The Balaban J connectivity index is 2.70. The van der Waals surface area contributed by atoms with Crippen LogP contribution in [0.3, 0.4) is 0 Å². The Morgan fingerprint density at radius 3 is 2.55 bits per heavy atom. The van der Waals surface area contributed by atoms with Gasteiger partial charge >= 0.3 is 0 Å². The van der Waals surface area contributed by atoms with E-state index in [0.29, 0.717) is 18.8 Å². The third-order valence-electron chi connectivity index (χ3n) is 3.78. The van der Waals surface area contributed by atoms with Crippen molar-refractivity contribution in [2.75, 3.05) is 5.32 Å². The van der Waals surface area contributed by atoms with Gasteiger partial charge in [0.1, 0.15) is 5.82 Å². The number of pyridine rings is 1. The molecule has 0 aliphatic rings. The minimum Gasteiger partial charge on any atom is -0.411 e. The monoisotopic (exact) mass is 294 g/mol. The van der Waals surface area contributed by atoms with Crippen LogP contribution in [0.4, 0.5) is 5.82 Å². The lowest BCUT2D eigenvalue weighted by Gasteiger charge is -2.36. The fourth-order valence-corrected chi connectivity index (χ4v) is 2.27. The van der Waals surface area contributed by atoms with Crippen molar-refractivity contribution < 1.29 is 9.22 Å². The van der Waals surface area contributed by atoms with Crippen molar-refractivity contribution in [2.45, 2.75) is 58.9 Å². The summed E-state index contributed by atoms with van der Waals surface area (Å²) in [4.78, 5) is 15.8. The minimum absolute atomic E-state index is 0.0278. The molecule has 0 aromatic carbocycles. The summed E-state index contributed by atoms with van der Waals surface area (Å²) in [6.45, 7) is 13.4. The lowest BCUT2D eigenvalue weighted by molar-refractivity contribution is -0.115. The topological polar surface area (TPSA) is 51.2 Å². The van der Waals surface area contributed by atoms with E-state index in [4.69, 9.17) is 4.43 Å². The van der Waals surface area contributed by atoms with Crippen LogP contribution in [0.25, 0.3) is 0 Å². The minimum atomic E-state index is -1.77. The highest BCUT2D eigenvalue weighted by molar-refractivity contribution is 6.74. The van der Waals surface area contributed by atoms with Gasteiger partial charge in [-0.05, 0) is 30.3 Å². The van der Waals surface area contributed by atoms with Crippen LogP contribution in [-0.2, 0) is 15.8 Å². The van der Waals surface area contributed by atoms with Gasteiger partial charge in [0, 0.05) is 6.42 Å². The molecule has 0 aliphatic carbocycles. The molecule has 0 radical (unpaired) electrons. The molecule has 0 spiro atoms. The Morgan fingerprint density at radius 1 is 1.35 bits per heavy atom. The summed E-state index contributed by atoms with van der Waals surface area (Å²) >= 11 is 0. The summed E-state index contributed by atoms with van der Waals surface area (Å²) < 4.78 is 6.13. The fraction of sp³-hybridized carbons (Fsp3) is 0.600. The van der Waals surface area contributed by atoms with Gasteiger partial charge in [0.15, 0.2) is 8.32 Å². The van der Waals surface area contributed by atoms with Crippen molar-refractivity contribution in [3.63, 3.8) is 0 Å². The summed E-state index contributed by atoms with van der Waals surface area (Å²) in [7, 11) is -1.77. The number of rotatable bonds is 5. The first-order valence-corrected chi connectivity index (χ1v) is 9.96. The Bertz CT molecular complexity index is 467. The lowest BCUT2D eigenvalue weighted by atomic mass is 10.2. The zero-order valence-corrected chi connectivity index (χ0v) is 14.4. The van der Waals surface area contributed by atoms with Crippen LogP contribution in [0.15, 0.2) is 18.2 Å². The molecule has 1 aromatic heterocycles. The number of carbonyl (C=O) groups is 1. The molecule has 0 atom stereocenters. The van der Waals surface area contributed by atoms with Crippen molar-refractivity contribution in [1.82, 2.24) is 4.98 Å². The van der Waals surface area contributed by atoms with Crippen LogP contribution < -0.4 is 5.32 Å². The lowest BCUT2D eigenvalue weighted by Crippen LogP contribution is -2.40. The van der Waals surface area contributed by atoms with Crippen LogP contribution in [0, 0.1) is 0 Å². The molecular weight excluding hydrogens is 268 g/mol. The van der Waals surface area contributed by atoms with E-state index in [1.807, 2.05) is 19.1 Å². The van der Waals surface area contributed by atoms with Gasteiger partial charge in [-0.2, -0.15) is 0 Å². The van der Waals surface area contributed by atoms with Gasteiger partial charge < -0.3 is 9.74 Å². The summed E-state index contributed by atoms with van der Waals surface area (Å²) in [6.07, 6.45) is 0.451. The van der Waals surface area contributed by atoms with Crippen molar-refractivity contribution >= 4 is 20.0 Å². The SMILES string of the molecule is CCC(=O)Nc1cccc(CO[Si](C)(C)C(C)(C)C)n1. The van der Waals surface area contributed by atoms with Gasteiger partial charge in [-0.1, -0.05) is 33.8 Å². The number of hydrogen-bond acceptors (Lipinski definition) is 3. The normalized spacial score (nSPS) is 12.3. The molecule has 0 bridgehead atoms. The Kier molecular flexibility index (Phi) is 5.47. The van der Waals surface area contributed by atoms with Crippen molar-refractivity contribution in [2.24, 2.45) is 0 Å². The molecule has 5 heteroatoms. The Labute approximate surface area is 123 Å². The maximum atomic E-state index is 11.4. The standard InChI is InChI=1S/C15H26N2O2Si/c1-7-14(18)17-13-10-8-9-12(16-13)11-19-20(5,6)15(2,3)4/h8-10H,7,11H2,1-6H3,(H,16,17,18). The average molecular weight is 294 g/mol. The third kappa shape index (κ3) is 4.72. The second kappa shape index (κ2) is 6.50. The van der Waals surface area contributed by atoms with E-state index in [0.717, 1.165) is 5.69 Å². The molecule has 4 nitrogen and oxygen atoms in total. The van der Waals surface area contributed by atoms with E-state index in [1.165, 1.54) is 0 Å². The molecule has 1 heterocycles. The van der Waals surface area contributed by atoms with E-state index < -0.39 is 8.32 Å². The molecule has 0 saturated heterocycles. The number of carbonyl (C=O) groups excluding carboxylic acids is 1. The Morgan fingerprint density at radius 2 is 2.00 bits per heavy atom. The van der Waals surface area contributed by atoms with Gasteiger partial charge in [0.2, 0.25) is 5.91 Å². The van der Waals surface area contributed by atoms with E-state index in [9.17, 15) is 4.79 Å². The number of hydrogen-bond donors (Lipinski definition) is 1. The molecule has 0 aliphatic heterocycles. The zero-order chi connectivity index (χ0) is 15.4. The summed E-state index contributed by atoms with van der Waals surface area (Å²) in [6, 6.07) is 5.61. The van der Waals surface area contributed by atoms with Crippen LogP contribution in [-0.4, -0.2) is 19.2 Å². The van der Waals surface area contributed by atoms with Crippen molar-refractivity contribution in [3.05, 3.63) is 23.9 Å². The van der Waals surface area contributed by atoms with Crippen LogP contribution in [0.1, 0.15) is 39.8 Å². The molecule has 1 N–H and O–H groups in total. The Hall–Kier alpha value is -1.20. The van der Waals surface area contributed by atoms with E-state index in [-0.39, 0.29) is 10.9 Å².